The standard InChI is InChI=1S/C17H33NO5Si/c1-15(2,3)22-14(21)18-11-12(10-17(18,7)13(19)20)23-24(8,9)16(4,5)6/h12H,10-11H2,1-9H3,(H,19,20)/t12?,17-/m1/s1. The van der Waals surface area contributed by atoms with Crippen molar-refractivity contribution < 1.29 is 23.9 Å². The molecule has 0 aromatic heterocycles. The monoisotopic (exact) mass is 359 g/mol. The summed E-state index contributed by atoms with van der Waals surface area (Å²) in [6.07, 6.45) is -0.623. The van der Waals surface area contributed by atoms with Crippen LogP contribution in [0.1, 0.15) is 54.9 Å². The summed E-state index contributed by atoms with van der Waals surface area (Å²) < 4.78 is 11.7. The molecule has 6 nitrogen and oxygen atoms in total. The number of hydrogen-bond acceptors (Lipinski definition) is 4. The van der Waals surface area contributed by atoms with Crippen molar-refractivity contribution in [2.75, 3.05) is 6.54 Å². The first-order valence-electron chi connectivity index (χ1n) is 8.41. The highest BCUT2D eigenvalue weighted by molar-refractivity contribution is 6.74. The molecule has 140 valence electrons. The van der Waals surface area contributed by atoms with Crippen molar-refractivity contribution in [3.63, 3.8) is 0 Å². The van der Waals surface area contributed by atoms with Gasteiger partial charge in [0.25, 0.3) is 0 Å². The Labute approximate surface area is 146 Å². The molecule has 1 aliphatic rings. The molecule has 1 fully saturated rings. The SMILES string of the molecule is CC(C)(C)OC(=O)N1CC(O[Si](C)(C)C(C)(C)C)C[C@]1(C)C(=O)O. The molecule has 0 bridgehead atoms. The van der Waals surface area contributed by atoms with Gasteiger partial charge in [-0.1, -0.05) is 20.8 Å². The zero-order chi connectivity index (χ0) is 19.1. The van der Waals surface area contributed by atoms with E-state index in [0.29, 0.717) is 0 Å². The highest BCUT2D eigenvalue weighted by Gasteiger charge is 2.53. The maximum absolute atomic E-state index is 12.5. The number of aliphatic carboxylic acids is 1. The first-order chi connectivity index (χ1) is 10.5. The largest absolute Gasteiger partial charge is 0.480 e. The normalized spacial score (nSPS) is 25.7. The molecule has 0 aromatic carbocycles. The van der Waals surface area contributed by atoms with Crippen molar-refractivity contribution in [3.8, 4) is 0 Å². The fourth-order valence-electron chi connectivity index (χ4n) is 2.49. The van der Waals surface area contributed by atoms with Crippen LogP contribution in [0.15, 0.2) is 0 Å². The zero-order valence-electron chi connectivity index (χ0n) is 16.5. The van der Waals surface area contributed by atoms with Gasteiger partial charge < -0.3 is 14.3 Å². The van der Waals surface area contributed by atoms with Gasteiger partial charge in [0.1, 0.15) is 11.1 Å². The van der Waals surface area contributed by atoms with E-state index in [4.69, 9.17) is 9.16 Å². The topological polar surface area (TPSA) is 76.1 Å². The molecule has 1 unspecified atom stereocenters. The van der Waals surface area contributed by atoms with Crippen LogP contribution in [0.25, 0.3) is 0 Å². The Balaban J connectivity index is 3.01. The van der Waals surface area contributed by atoms with Gasteiger partial charge in [0, 0.05) is 6.42 Å². The van der Waals surface area contributed by atoms with Crippen molar-refractivity contribution in [1.82, 2.24) is 4.90 Å². The number of amides is 1. The number of carboxylic acids is 1. The Morgan fingerprint density at radius 2 is 1.67 bits per heavy atom. The van der Waals surface area contributed by atoms with Crippen molar-refractivity contribution in [3.05, 3.63) is 0 Å². The zero-order valence-corrected chi connectivity index (χ0v) is 17.5. The minimum atomic E-state index is -2.05. The highest BCUT2D eigenvalue weighted by atomic mass is 28.4. The van der Waals surface area contributed by atoms with Crippen molar-refractivity contribution in [1.29, 1.82) is 0 Å². The van der Waals surface area contributed by atoms with Crippen molar-refractivity contribution in [2.45, 2.75) is 90.3 Å². The van der Waals surface area contributed by atoms with Crippen LogP contribution < -0.4 is 0 Å². The van der Waals surface area contributed by atoms with Crippen LogP contribution in [0.5, 0.6) is 0 Å². The lowest BCUT2D eigenvalue weighted by atomic mass is 9.99. The molecule has 0 aromatic rings. The third-order valence-electron chi connectivity index (χ3n) is 4.95. The van der Waals surface area contributed by atoms with E-state index >= 15 is 0 Å². The second-order valence-electron chi connectivity index (χ2n) is 9.37. The molecular weight excluding hydrogens is 326 g/mol. The number of carbonyl (C=O) groups is 2. The summed E-state index contributed by atoms with van der Waals surface area (Å²) in [6.45, 7) is 17.8. The fourth-order valence-corrected chi connectivity index (χ4v) is 3.84. The molecule has 1 aliphatic heterocycles. The van der Waals surface area contributed by atoms with Gasteiger partial charge >= 0.3 is 12.1 Å². The highest BCUT2D eigenvalue weighted by Crippen LogP contribution is 2.41. The van der Waals surface area contributed by atoms with Gasteiger partial charge in [0.2, 0.25) is 0 Å². The lowest BCUT2D eigenvalue weighted by Crippen LogP contribution is -2.52. The molecule has 2 atom stereocenters. The van der Waals surface area contributed by atoms with Crippen LogP contribution in [0.3, 0.4) is 0 Å². The fraction of sp³-hybridized carbons (Fsp3) is 0.882. The molecule has 0 saturated carbocycles. The van der Waals surface area contributed by atoms with Gasteiger partial charge in [-0.05, 0) is 45.8 Å². The van der Waals surface area contributed by atoms with E-state index in [1.807, 2.05) is 0 Å². The minimum absolute atomic E-state index is 0.0198. The molecule has 0 aliphatic carbocycles. The summed E-state index contributed by atoms with van der Waals surface area (Å²) in [6, 6.07) is 0. The quantitative estimate of drug-likeness (QED) is 0.774. The van der Waals surface area contributed by atoms with E-state index in [9.17, 15) is 14.7 Å². The predicted molar refractivity (Wildman–Crippen MR) is 95.7 cm³/mol. The Kier molecular flexibility index (Phi) is 5.53. The smallest absolute Gasteiger partial charge is 0.411 e. The molecule has 1 heterocycles. The van der Waals surface area contributed by atoms with E-state index in [1.54, 1.807) is 27.7 Å². The summed E-state index contributed by atoms with van der Waals surface area (Å²) in [5.74, 6) is -1.03. The molecular formula is C17H33NO5Si. The molecule has 1 amide bonds. The maximum atomic E-state index is 12.5. The number of rotatable bonds is 3. The third kappa shape index (κ3) is 4.50. The summed E-state index contributed by atoms with van der Waals surface area (Å²) in [4.78, 5) is 25.6. The minimum Gasteiger partial charge on any atom is -0.480 e. The Morgan fingerprint density at radius 1 is 1.17 bits per heavy atom. The maximum Gasteiger partial charge on any atom is 0.411 e. The van der Waals surface area contributed by atoms with Crippen LogP contribution in [0.2, 0.25) is 18.1 Å². The molecule has 0 radical (unpaired) electrons. The van der Waals surface area contributed by atoms with Crippen molar-refractivity contribution >= 4 is 20.4 Å². The average molecular weight is 360 g/mol. The number of ether oxygens (including phenoxy) is 1. The summed E-state index contributed by atoms with van der Waals surface area (Å²) in [7, 11) is -2.05. The van der Waals surface area contributed by atoms with Crippen LogP contribution >= 0.6 is 0 Å². The summed E-state index contributed by atoms with van der Waals surface area (Å²) in [5.41, 5.74) is -1.98. The van der Waals surface area contributed by atoms with Gasteiger partial charge in [0.15, 0.2) is 8.32 Å². The van der Waals surface area contributed by atoms with E-state index in [1.165, 1.54) is 4.90 Å². The number of nitrogens with zero attached hydrogens (tertiary/aromatic N) is 1. The van der Waals surface area contributed by atoms with E-state index in [0.717, 1.165) is 0 Å². The van der Waals surface area contributed by atoms with E-state index in [2.05, 4.69) is 33.9 Å². The van der Waals surface area contributed by atoms with E-state index in [-0.39, 0.29) is 24.1 Å². The molecule has 1 rings (SSSR count). The number of likely N-dealkylation sites (tertiary alicyclic amines) is 1. The number of hydrogen-bond donors (Lipinski definition) is 1. The molecule has 1 saturated heterocycles. The van der Waals surface area contributed by atoms with Gasteiger partial charge in [-0.3, -0.25) is 4.90 Å². The van der Waals surface area contributed by atoms with Gasteiger partial charge in [0.05, 0.1) is 12.6 Å². The van der Waals surface area contributed by atoms with Crippen LogP contribution in [0, 0.1) is 0 Å². The molecule has 24 heavy (non-hydrogen) atoms. The lowest BCUT2D eigenvalue weighted by Gasteiger charge is -2.38. The average Bonchev–Trinajstić information content (AvgIpc) is 2.63. The van der Waals surface area contributed by atoms with Gasteiger partial charge in [-0.25, -0.2) is 9.59 Å². The lowest BCUT2D eigenvalue weighted by molar-refractivity contribution is -0.148. The Morgan fingerprint density at radius 3 is 2.04 bits per heavy atom. The van der Waals surface area contributed by atoms with Crippen LogP contribution in [-0.2, 0) is 14.0 Å². The van der Waals surface area contributed by atoms with Crippen LogP contribution in [-0.4, -0.2) is 54.2 Å². The first kappa shape index (κ1) is 21.0. The molecule has 7 heteroatoms. The summed E-state index contributed by atoms with van der Waals surface area (Å²) >= 11 is 0. The Bertz CT molecular complexity index is 506. The summed E-state index contributed by atoms with van der Waals surface area (Å²) in [5, 5.41) is 9.69. The van der Waals surface area contributed by atoms with Gasteiger partial charge in [-0.2, -0.15) is 0 Å². The number of carboxylic acid groups (broad SMARTS) is 1. The molecule has 0 spiro atoms. The van der Waals surface area contributed by atoms with Crippen molar-refractivity contribution in [2.24, 2.45) is 0 Å². The Hall–Kier alpha value is -1.08. The van der Waals surface area contributed by atoms with E-state index < -0.39 is 31.5 Å². The second kappa shape index (κ2) is 6.33. The second-order valence-corrected chi connectivity index (χ2v) is 14.1. The molecule has 1 N–H and O–H groups in total. The van der Waals surface area contributed by atoms with Crippen LogP contribution in [0.4, 0.5) is 4.79 Å². The predicted octanol–water partition coefficient (Wildman–Crippen LogP) is 3.86. The third-order valence-corrected chi connectivity index (χ3v) is 9.48. The number of carbonyl (C=O) groups excluding carboxylic acids is 1. The van der Waals surface area contributed by atoms with Gasteiger partial charge in [-0.15, -0.1) is 0 Å². The first-order valence-corrected chi connectivity index (χ1v) is 11.3.